The smallest absolute Gasteiger partial charge is 0.356 e. The summed E-state index contributed by atoms with van der Waals surface area (Å²) in [5, 5.41) is 0. The molecule has 0 aromatic rings. The van der Waals surface area contributed by atoms with Crippen LogP contribution in [0.25, 0.3) is 0 Å². The van der Waals surface area contributed by atoms with Crippen LogP contribution in [-0.4, -0.2) is 71.8 Å². The molecule has 5 aliphatic carbocycles. The van der Waals surface area contributed by atoms with Gasteiger partial charge in [-0.25, -0.2) is 4.79 Å². The van der Waals surface area contributed by atoms with Gasteiger partial charge in [-0.15, -0.1) is 0 Å². The van der Waals surface area contributed by atoms with E-state index in [1.807, 2.05) is 19.9 Å². The van der Waals surface area contributed by atoms with Crippen molar-refractivity contribution in [2.45, 2.75) is 119 Å². The molecule has 0 spiro atoms. The second-order valence-electron chi connectivity index (χ2n) is 17.1. The molecule has 2 saturated heterocycles. The number of hydrogen-bond donors (Lipinski definition) is 0. The van der Waals surface area contributed by atoms with Gasteiger partial charge in [0.15, 0.2) is 11.9 Å². The molecule has 18 atom stereocenters. The van der Waals surface area contributed by atoms with Crippen LogP contribution in [0.2, 0.25) is 0 Å². The number of ether oxygens (including phenoxy) is 6. The third-order valence-corrected chi connectivity index (χ3v) is 15.1. The van der Waals surface area contributed by atoms with Crippen LogP contribution in [0.5, 0.6) is 0 Å². The van der Waals surface area contributed by atoms with Gasteiger partial charge in [-0.1, -0.05) is 34.6 Å². The van der Waals surface area contributed by atoms with E-state index < -0.39 is 93.7 Å². The number of rotatable bonds is 4. The van der Waals surface area contributed by atoms with E-state index in [2.05, 4.69) is 27.7 Å². The summed E-state index contributed by atoms with van der Waals surface area (Å²) < 4.78 is 36.5. The molecule has 12 nitrogen and oxygen atoms in total. The Balaban J connectivity index is 1.49. The van der Waals surface area contributed by atoms with Crippen LogP contribution in [-0.2, 0) is 57.2 Å². The van der Waals surface area contributed by atoms with Gasteiger partial charge in [-0.05, 0) is 61.3 Å². The fraction of sp³-hybridized carbons (Fsp3) is 0.789. The molecule has 0 amide bonds. The molecule has 6 fully saturated rings. The van der Waals surface area contributed by atoms with Gasteiger partial charge in [-0.2, -0.15) is 0 Å². The van der Waals surface area contributed by atoms with Crippen molar-refractivity contribution >= 4 is 35.6 Å². The highest BCUT2D eigenvalue weighted by Crippen LogP contribution is 2.77. The Bertz CT molecular complexity index is 1620. The lowest BCUT2D eigenvalue weighted by atomic mass is 9.38. The SMILES string of the molecule is CC(=O)O[C@@H]1[C@H]2[C@H]3C(C(C)[C@H](C)[C@]2(C)[C@@H]2[C@@H]1[C@]1(C)C(=C[C@H]2C)OC(=O)[C@@]1(C)OC(C)=O)[C@]1(C)[C@H](C[C@@H]2O[C@@H]2[C@@H]1OC(C)=O)C(=O)[C@@H]3OC(C)=O. The van der Waals surface area contributed by atoms with Crippen molar-refractivity contribution < 1.29 is 57.2 Å². The van der Waals surface area contributed by atoms with Crippen LogP contribution < -0.4 is 0 Å². The van der Waals surface area contributed by atoms with Gasteiger partial charge in [-0.3, -0.25) is 24.0 Å². The minimum Gasteiger partial charge on any atom is -0.462 e. The third kappa shape index (κ3) is 4.20. The van der Waals surface area contributed by atoms with Crippen molar-refractivity contribution in [1.29, 1.82) is 0 Å². The van der Waals surface area contributed by atoms with E-state index in [9.17, 15) is 28.8 Å². The molecular weight excluding hydrogens is 648 g/mol. The number of allylic oxidation sites excluding steroid dienone is 1. The van der Waals surface area contributed by atoms with Crippen LogP contribution in [0.3, 0.4) is 0 Å². The van der Waals surface area contributed by atoms with E-state index in [-0.39, 0.29) is 47.6 Å². The Kier molecular flexibility index (Phi) is 7.64. The van der Waals surface area contributed by atoms with Gasteiger partial charge in [0.05, 0.1) is 11.5 Å². The standard InChI is InChI=1S/C38H50O12/c1-14-12-23-37(10,38(11,34(44)49-23)50-20(7)42)28-25(14)35(8)16(3)15(2)26-24(27(35)32(28)46-18(5)40)31(45-17(4)39)29(43)21-13-22-30(48-22)33(36(21,26)9)47-19(6)41/h12,14-16,21-22,24-28,30-33H,13H2,1-11H3/t14-,15?,16+,21-,22+,24-,25+,26?,27-,28+,30+,31-,32-,33+,35-,36+,37+,38-/m1/s1. The molecule has 12 heteroatoms. The lowest BCUT2D eigenvalue weighted by Crippen LogP contribution is -2.71. The molecule has 274 valence electrons. The molecule has 0 aromatic carbocycles. The number of ketones is 1. The third-order valence-electron chi connectivity index (χ3n) is 15.1. The molecule has 4 saturated carbocycles. The summed E-state index contributed by atoms with van der Waals surface area (Å²) in [4.78, 5) is 80.0. The molecule has 7 aliphatic rings. The van der Waals surface area contributed by atoms with E-state index in [4.69, 9.17) is 28.4 Å². The summed E-state index contributed by atoms with van der Waals surface area (Å²) >= 11 is 0. The van der Waals surface area contributed by atoms with Gasteiger partial charge >= 0.3 is 29.8 Å². The van der Waals surface area contributed by atoms with Crippen LogP contribution in [0.1, 0.15) is 82.6 Å². The highest BCUT2D eigenvalue weighted by Gasteiger charge is 2.82. The van der Waals surface area contributed by atoms with Gasteiger partial charge in [0, 0.05) is 56.8 Å². The van der Waals surface area contributed by atoms with E-state index in [0.717, 1.165) is 0 Å². The Morgan fingerprint density at radius 2 is 1.40 bits per heavy atom. The number of hydrogen-bond acceptors (Lipinski definition) is 12. The van der Waals surface area contributed by atoms with Gasteiger partial charge < -0.3 is 28.4 Å². The average molecular weight is 699 g/mol. The average Bonchev–Trinajstić information content (AvgIpc) is 3.68. The van der Waals surface area contributed by atoms with E-state index in [0.29, 0.717) is 12.2 Å². The number of carbonyl (C=O) groups is 6. The number of carbonyl (C=O) groups excluding carboxylic acids is 6. The number of esters is 5. The largest absolute Gasteiger partial charge is 0.462 e. The minimum atomic E-state index is -1.75. The van der Waals surface area contributed by atoms with Crippen LogP contribution >= 0.6 is 0 Å². The van der Waals surface area contributed by atoms with Gasteiger partial charge in [0.2, 0.25) is 5.60 Å². The Hall–Kier alpha value is -3.28. The quantitative estimate of drug-likeness (QED) is 0.237. The summed E-state index contributed by atoms with van der Waals surface area (Å²) in [7, 11) is 0. The van der Waals surface area contributed by atoms with Crippen LogP contribution in [0.15, 0.2) is 11.8 Å². The van der Waals surface area contributed by atoms with Crippen molar-refractivity contribution in [1.82, 2.24) is 0 Å². The van der Waals surface area contributed by atoms with Crippen molar-refractivity contribution in [2.24, 2.45) is 69.5 Å². The Morgan fingerprint density at radius 1 is 0.780 bits per heavy atom. The molecule has 2 heterocycles. The highest BCUT2D eigenvalue weighted by molar-refractivity contribution is 5.90. The predicted molar refractivity (Wildman–Crippen MR) is 172 cm³/mol. The fourth-order valence-corrected chi connectivity index (χ4v) is 13.1. The molecule has 2 unspecified atom stereocenters. The maximum Gasteiger partial charge on any atom is 0.356 e. The van der Waals surface area contributed by atoms with Gasteiger partial charge in [0.1, 0.15) is 24.1 Å². The zero-order valence-electron chi connectivity index (χ0n) is 30.8. The molecule has 0 N–H and O–H groups in total. The second kappa shape index (κ2) is 10.9. The second-order valence-corrected chi connectivity index (χ2v) is 17.1. The first-order valence-electron chi connectivity index (χ1n) is 18.0. The van der Waals surface area contributed by atoms with Crippen molar-refractivity contribution in [3.05, 3.63) is 11.8 Å². The van der Waals surface area contributed by atoms with E-state index >= 15 is 0 Å². The normalized spacial score (nSPS) is 52.3. The summed E-state index contributed by atoms with van der Waals surface area (Å²) in [5.41, 5.74) is -4.57. The van der Waals surface area contributed by atoms with Crippen LogP contribution in [0, 0.1) is 69.5 Å². The lowest BCUT2D eigenvalue weighted by Gasteiger charge is -2.66. The summed E-state index contributed by atoms with van der Waals surface area (Å²) in [6.45, 7) is 19.2. The zero-order valence-corrected chi connectivity index (χ0v) is 30.8. The summed E-state index contributed by atoms with van der Waals surface area (Å²) in [5.74, 6) is -6.28. The Labute approximate surface area is 292 Å². The van der Waals surface area contributed by atoms with Crippen molar-refractivity contribution in [3.63, 3.8) is 0 Å². The number of Topliss-reactive ketones (excluding diaryl/α,β-unsaturated/α-hetero) is 1. The molecule has 0 radical (unpaired) electrons. The summed E-state index contributed by atoms with van der Waals surface area (Å²) in [6.07, 6.45) is -1.04. The first-order chi connectivity index (χ1) is 23.2. The monoisotopic (exact) mass is 698 g/mol. The lowest BCUT2D eigenvalue weighted by molar-refractivity contribution is -0.239. The maximum absolute atomic E-state index is 14.9. The number of fused-ring (bicyclic) bond motifs is 10. The van der Waals surface area contributed by atoms with Crippen LogP contribution in [0.4, 0.5) is 0 Å². The maximum atomic E-state index is 14.9. The molecule has 0 bridgehead atoms. The molecule has 7 rings (SSSR count). The molecule has 2 aliphatic heterocycles. The zero-order chi connectivity index (χ0) is 36.8. The molecular formula is C38H50O12. The minimum absolute atomic E-state index is 0.0692. The first-order valence-corrected chi connectivity index (χ1v) is 18.0. The molecule has 0 aromatic heterocycles. The molecule has 50 heavy (non-hydrogen) atoms. The van der Waals surface area contributed by atoms with Crippen molar-refractivity contribution in [3.8, 4) is 0 Å². The summed E-state index contributed by atoms with van der Waals surface area (Å²) in [6, 6.07) is 0. The fourth-order valence-electron chi connectivity index (χ4n) is 13.1. The van der Waals surface area contributed by atoms with Gasteiger partial charge in [0.25, 0.3) is 0 Å². The topological polar surface area (TPSA) is 161 Å². The highest BCUT2D eigenvalue weighted by atomic mass is 16.6. The first kappa shape index (κ1) is 35.1. The van der Waals surface area contributed by atoms with E-state index in [1.54, 1.807) is 6.92 Å². The van der Waals surface area contributed by atoms with E-state index in [1.165, 1.54) is 27.7 Å². The number of epoxide rings is 1. The Morgan fingerprint density at radius 3 is 1.98 bits per heavy atom. The van der Waals surface area contributed by atoms with Crippen molar-refractivity contribution in [2.75, 3.05) is 0 Å². The predicted octanol–water partition coefficient (Wildman–Crippen LogP) is 3.96.